The number of aromatic nitrogens is 2. The van der Waals surface area contributed by atoms with Gasteiger partial charge in [0.05, 0.1) is 29.4 Å². The maximum Gasteiger partial charge on any atom is 0.213 e. The summed E-state index contributed by atoms with van der Waals surface area (Å²) in [6, 6.07) is 6.82. The predicted octanol–water partition coefficient (Wildman–Crippen LogP) is 3.28. The minimum Gasteiger partial charge on any atom is -0.508 e. The predicted molar refractivity (Wildman–Crippen MR) is 95.5 cm³/mol. The molecule has 132 valence electrons. The molecule has 1 fully saturated rings. The molecule has 2 unspecified atom stereocenters. The van der Waals surface area contributed by atoms with E-state index in [4.69, 9.17) is 4.74 Å². The summed E-state index contributed by atoms with van der Waals surface area (Å²) >= 11 is 0. The first-order chi connectivity index (χ1) is 12.0. The molecule has 0 saturated carbocycles. The number of ether oxygens (including phenoxy) is 1. The molecular weight excluding hydrogens is 321 g/mol. The topological polar surface area (TPSA) is 59.3 Å². The lowest BCUT2D eigenvalue weighted by atomic mass is 10.1. The number of nitrogens with zero attached hydrogens (tertiary/aromatic N) is 2. The summed E-state index contributed by atoms with van der Waals surface area (Å²) in [7, 11) is 0. The van der Waals surface area contributed by atoms with Crippen molar-refractivity contribution in [2.45, 2.75) is 32.4 Å². The zero-order valence-corrected chi connectivity index (χ0v) is 14.4. The van der Waals surface area contributed by atoms with Crippen molar-refractivity contribution in [1.29, 1.82) is 0 Å². The zero-order valence-electron chi connectivity index (χ0n) is 14.4. The van der Waals surface area contributed by atoms with Gasteiger partial charge in [0, 0.05) is 42.0 Å². The van der Waals surface area contributed by atoms with Crippen LogP contribution in [0.15, 0.2) is 24.3 Å². The minimum atomic E-state index is -0.482. The third-order valence-corrected chi connectivity index (χ3v) is 4.96. The summed E-state index contributed by atoms with van der Waals surface area (Å²) in [6.45, 7) is 6.39. The highest BCUT2D eigenvalue weighted by Gasteiger charge is 2.23. The van der Waals surface area contributed by atoms with Crippen LogP contribution in [0.1, 0.15) is 25.1 Å². The van der Waals surface area contributed by atoms with Crippen LogP contribution in [-0.4, -0.2) is 40.5 Å². The van der Waals surface area contributed by atoms with Crippen LogP contribution in [0.4, 0.5) is 4.39 Å². The van der Waals surface area contributed by atoms with E-state index in [-0.39, 0.29) is 17.9 Å². The molecule has 1 saturated heterocycles. The molecule has 0 spiro atoms. The smallest absolute Gasteiger partial charge is 0.213 e. The van der Waals surface area contributed by atoms with Gasteiger partial charge in [-0.2, -0.15) is 4.39 Å². The highest BCUT2D eigenvalue weighted by molar-refractivity contribution is 6.09. The fraction of sp³-hybridized carbons (Fsp3) is 0.421. The van der Waals surface area contributed by atoms with Crippen molar-refractivity contribution in [1.82, 2.24) is 14.9 Å². The highest BCUT2D eigenvalue weighted by Crippen LogP contribution is 2.36. The number of nitrogens with one attached hydrogen (secondary N) is 1. The van der Waals surface area contributed by atoms with Crippen LogP contribution in [0.25, 0.3) is 21.8 Å². The summed E-state index contributed by atoms with van der Waals surface area (Å²) in [4.78, 5) is 4.02. The molecule has 0 bridgehead atoms. The molecule has 3 aromatic rings. The average molecular weight is 343 g/mol. The number of hydrogen-bond acceptors (Lipinski definition) is 4. The Morgan fingerprint density at radius 1 is 1.40 bits per heavy atom. The molecule has 25 heavy (non-hydrogen) atoms. The van der Waals surface area contributed by atoms with Crippen molar-refractivity contribution in [3.8, 4) is 5.75 Å². The van der Waals surface area contributed by atoms with E-state index < -0.39 is 5.95 Å². The lowest BCUT2D eigenvalue weighted by molar-refractivity contribution is 0.0165. The second-order valence-corrected chi connectivity index (χ2v) is 6.78. The molecule has 5 nitrogen and oxygen atoms in total. The lowest BCUT2D eigenvalue weighted by Gasteiger charge is -2.27. The molecule has 1 aromatic carbocycles. The molecule has 2 atom stereocenters. The van der Waals surface area contributed by atoms with E-state index >= 15 is 0 Å². The van der Waals surface area contributed by atoms with Gasteiger partial charge in [0.1, 0.15) is 5.75 Å². The Morgan fingerprint density at radius 3 is 3.00 bits per heavy atom. The third kappa shape index (κ3) is 2.85. The summed E-state index contributed by atoms with van der Waals surface area (Å²) in [5, 5.41) is 15.1. The Bertz CT molecular complexity index is 931. The fourth-order valence-electron chi connectivity index (χ4n) is 3.92. The maximum absolute atomic E-state index is 13.9. The number of aryl methyl sites for hydroxylation is 1. The second kappa shape index (κ2) is 6.28. The van der Waals surface area contributed by atoms with Crippen LogP contribution in [-0.2, 0) is 4.74 Å². The Balaban J connectivity index is 1.88. The van der Waals surface area contributed by atoms with E-state index in [1.54, 1.807) is 12.1 Å². The van der Waals surface area contributed by atoms with Gasteiger partial charge in [-0.15, -0.1) is 0 Å². The molecule has 1 aliphatic rings. The Labute approximate surface area is 145 Å². The molecule has 0 aliphatic carbocycles. The van der Waals surface area contributed by atoms with Crippen LogP contribution in [0.5, 0.6) is 5.75 Å². The number of morpholine rings is 1. The van der Waals surface area contributed by atoms with Gasteiger partial charge < -0.3 is 19.7 Å². The highest BCUT2D eigenvalue weighted by atomic mass is 19.1. The van der Waals surface area contributed by atoms with Gasteiger partial charge in [-0.05, 0) is 32.4 Å². The van der Waals surface area contributed by atoms with Crippen LogP contribution >= 0.6 is 0 Å². The van der Waals surface area contributed by atoms with Crippen molar-refractivity contribution in [2.75, 3.05) is 19.7 Å². The summed E-state index contributed by atoms with van der Waals surface area (Å²) in [5.41, 5.74) is 2.46. The van der Waals surface area contributed by atoms with Crippen LogP contribution in [0.2, 0.25) is 0 Å². The number of pyridine rings is 1. The minimum absolute atomic E-state index is 0.123. The molecule has 2 N–H and O–H groups in total. The largest absolute Gasteiger partial charge is 0.508 e. The van der Waals surface area contributed by atoms with E-state index in [2.05, 4.69) is 21.8 Å². The maximum atomic E-state index is 13.9. The molecular formula is C19H22FN3O2. The van der Waals surface area contributed by atoms with E-state index in [9.17, 15) is 9.50 Å². The zero-order chi connectivity index (χ0) is 17.6. The standard InChI is InChI=1S/C19H22FN3O2/c1-11(7-14-10-21-5-6-25-14)23-17-8-13(24)3-4-15(17)16-9-18(20)22-12(2)19(16)23/h3-4,8-9,11,14,21,24H,5-7,10H2,1-2H3. The van der Waals surface area contributed by atoms with E-state index in [1.807, 2.05) is 13.0 Å². The number of phenolic OH excluding ortho intramolecular Hbond substituents is 1. The number of rotatable bonds is 3. The van der Waals surface area contributed by atoms with Gasteiger partial charge in [-0.25, -0.2) is 4.98 Å². The summed E-state index contributed by atoms with van der Waals surface area (Å²) in [5.74, 6) is -0.282. The number of benzene rings is 1. The van der Waals surface area contributed by atoms with Crippen molar-refractivity contribution in [2.24, 2.45) is 0 Å². The third-order valence-electron chi connectivity index (χ3n) is 4.96. The van der Waals surface area contributed by atoms with E-state index in [0.717, 1.165) is 47.9 Å². The Morgan fingerprint density at radius 2 is 2.24 bits per heavy atom. The average Bonchev–Trinajstić information content (AvgIpc) is 2.89. The SMILES string of the molecule is Cc1nc(F)cc2c3ccc(O)cc3n(C(C)CC3CNCCO3)c12. The quantitative estimate of drug-likeness (QED) is 0.717. The van der Waals surface area contributed by atoms with E-state index in [0.29, 0.717) is 5.69 Å². The van der Waals surface area contributed by atoms with Crippen molar-refractivity contribution in [3.05, 3.63) is 35.9 Å². The van der Waals surface area contributed by atoms with Gasteiger partial charge in [0.2, 0.25) is 5.95 Å². The molecule has 1 aliphatic heterocycles. The van der Waals surface area contributed by atoms with Gasteiger partial charge in [-0.3, -0.25) is 0 Å². The van der Waals surface area contributed by atoms with Gasteiger partial charge in [-0.1, -0.05) is 0 Å². The van der Waals surface area contributed by atoms with Gasteiger partial charge in [0.25, 0.3) is 0 Å². The first-order valence-electron chi connectivity index (χ1n) is 8.66. The summed E-state index contributed by atoms with van der Waals surface area (Å²) in [6.07, 6.45) is 0.973. The van der Waals surface area contributed by atoms with Gasteiger partial charge >= 0.3 is 0 Å². The first-order valence-corrected chi connectivity index (χ1v) is 8.66. The monoisotopic (exact) mass is 343 g/mol. The van der Waals surface area contributed by atoms with E-state index in [1.165, 1.54) is 6.07 Å². The number of aromatic hydroxyl groups is 1. The molecule has 0 radical (unpaired) electrons. The first kappa shape index (κ1) is 16.3. The van der Waals surface area contributed by atoms with Gasteiger partial charge in [0.15, 0.2) is 0 Å². The molecule has 2 aromatic heterocycles. The molecule has 3 heterocycles. The van der Waals surface area contributed by atoms with Crippen molar-refractivity contribution in [3.63, 3.8) is 0 Å². The summed E-state index contributed by atoms with van der Waals surface area (Å²) < 4.78 is 21.9. The normalized spacial score (nSPS) is 19.6. The van der Waals surface area contributed by atoms with Crippen LogP contribution < -0.4 is 5.32 Å². The second-order valence-electron chi connectivity index (χ2n) is 6.78. The Kier molecular flexibility index (Phi) is 4.09. The van der Waals surface area contributed by atoms with Crippen molar-refractivity contribution >= 4 is 21.8 Å². The molecule has 6 heteroatoms. The van der Waals surface area contributed by atoms with Crippen LogP contribution in [0.3, 0.4) is 0 Å². The lowest BCUT2D eigenvalue weighted by Crippen LogP contribution is -2.39. The fourth-order valence-corrected chi connectivity index (χ4v) is 3.92. The van der Waals surface area contributed by atoms with Crippen LogP contribution in [0, 0.1) is 12.9 Å². The number of hydrogen-bond donors (Lipinski definition) is 2. The Hall–Kier alpha value is -2.18. The number of halogens is 1. The van der Waals surface area contributed by atoms with Crippen molar-refractivity contribution < 1.29 is 14.2 Å². The number of phenols is 1. The number of fused-ring (bicyclic) bond motifs is 3. The molecule has 0 amide bonds. The molecule has 4 rings (SSSR count).